The van der Waals surface area contributed by atoms with E-state index in [0.29, 0.717) is 10.7 Å². The van der Waals surface area contributed by atoms with Crippen molar-refractivity contribution in [1.29, 1.82) is 0 Å². The molecule has 0 spiro atoms. The maximum Gasteiger partial charge on any atom is 0.243 e. The van der Waals surface area contributed by atoms with Crippen LogP contribution in [0.15, 0.2) is 48.5 Å². The molecule has 0 heterocycles. The van der Waals surface area contributed by atoms with E-state index >= 15 is 0 Å². The van der Waals surface area contributed by atoms with E-state index in [9.17, 15) is 4.79 Å². The van der Waals surface area contributed by atoms with Crippen LogP contribution in [0.1, 0.15) is 0 Å². The Labute approximate surface area is 129 Å². The number of amides is 1. The molecule has 4 nitrogen and oxygen atoms in total. The fourth-order valence-electron chi connectivity index (χ4n) is 1.95. The van der Waals surface area contributed by atoms with E-state index in [1.54, 1.807) is 12.1 Å². The predicted octanol–water partition coefficient (Wildman–Crippen LogP) is 3.46. The number of halogens is 1. The van der Waals surface area contributed by atoms with Crippen LogP contribution in [0.4, 0.5) is 17.1 Å². The Morgan fingerprint density at radius 3 is 2.33 bits per heavy atom. The van der Waals surface area contributed by atoms with E-state index in [2.05, 4.69) is 10.6 Å². The Morgan fingerprint density at radius 2 is 1.67 bits per heavy atom. The first kappa shape index (κ1) is 15.2. The van der Waals surface area contributed by atoms with Gasteiger partial charge in [0.2, 0.25) is 5.91 Å². The fraction of sp³-hybridized carbons (Fsp3) is 0.188. The Kier molecular flexibility index (Phi) is 5.06. The lowest BCUT2D eigenvalue weighted by atomic mass is 10.2. The average Bonchev–Trinajstić information content (AvgIpc) is 2.48. The molecule has 0 aromatic heterocycles. The summed E-state index contributed by atoms with van der Waals surface area (Å²) >= 11 is 6.01. The molecule has 21 heavy (non-hydrogen) atoms. The molecule has 2 aromatic carbocycles. The molecule has 2 rings (SSSR count). The summed E-state index contributed by atoms with van der Waals surface area (Å²) in [6.45, 7) is 0.177. The van der Waals surface area contributed by atoms with E-state index < -0.39 is 0 Å². The zero-order chi connectivity index (χ0) is 15.2. The minimum atomic E-state index is -0.142. The van der Waals surface area contributed by atoms with Crippen LogP contribution < -0.4 is 15.5 Å². The third kappa shape index (κ3) is 4.13. The molecule has 0 bridgehead atoms. The zero-order valence-corrected chi connectivity index (χ0v) is 12.8. The van der Waals surface area contributed by atoms with E-state index in [-0.39, 0.29) is 12.5 Å². The van der Waals surface area contributed by atoms with Crippen molar-refractivity contribution in [2.24, 2.45) is 0 Å². The first-order valence-electron chi connectivity index (χ1n) is 6.62. The molecule has 0 aliphatic carbocycles. The molecule has 0 saturated carbocycles. The van der Waals surface area contributed by atoms with E-state index in [1.165, 1.54) is 0 Å². The minimum Gasteiger partial charge on any atom is -0.376 e. The molecule has 0 unspecified atom stereocenters. The third-order valence-corrected chi connectivity index (χ3v) is 3.30. The Hall–Kier alpha value is -2.20. The number of benzene rings is 2. The van der Waals surface area contributed by atoms with Crippen LogP contribution in [-0.2, 0) is 4.79 Å². The van der Waals surface area contributed by atoms with Crippen molar-refractivity contribution in [2.45, 2.75) is 0 Å². The normalized spacial score (nSPS) is 10.0. The van der Waals surface area contributed by atoms with Gasteiger partial charge in [-0.2, -0.15) is 0 Å². The average molecular weight is 304 g/mol. The summed E-state index contributed by atoms with van der Waals surface area (Å²) in [6.07, 6.45) is 0. The molecule has 0 fully saturated rings. The topological polar surface area (TPSA) is 44.4 Å². The number of carbonyl (C=O) groups is 1. The molecule has 2 N–H and O–H groups in total. The third-order valence-electron chi connectivity index (χ3n) is 2.97. The predicted molar refractivity (Wildman–Crippen MR) is 89.3 cm³/mol. The summed E-state index contributed by atoms with van der Waals surface area (Å²) in [7, 11) is 3.93. The van der Waals surface area contributed by atoms with Gasteiger partial charge in [-0.25, -0.2) is 0 Å². The molecule has 2 aromatic rings. The van der Waals surface area contributed by atoms with Crippen molar-refractivity contribution in [3.63, 3.8) is 0 Å². The first-order valence-corrected chi connectivity index (χ1v) is 7.00. The van der Waals surface area contributed by atoms with Gasteiger partial charge in [-0.3, -0.25) is 4.79 Å². The van der Waals surface area contributed by atoms with Gasteiger partial charge in [0.15, 0.2) is 0 Å². The highest BCUT2D eigenvalue weighted by molar-refractivity contribution is 6.33. The second kappa shape index (κ2) is 6.99. The number of hydrogen-bond donors (Lipinski definition) is 2. The van der Waals surface area contributed by atoms with Crippen molar-refractivity contribution in [3.8, 4) is 0 Å². The summed E-state index contributed by atoms with van der Waals surface area (Å²) in [5.74, 6) is -0.142. The van der Waals surface area contributed by atoms with Crippen LogP contribution >= 0.6 is 11.6 Å². The number of para-hydroxylation sites is 3. The molecule has 0 saturated heterocycles. The quantitative estimate of drug-likeness (QED) is 0.889. The van der Waals surface area contributed by atoms with Crippen LogP contribution in [0.3, 0.4) is 0 Å². The SMILES string of the molecule is CN(C)c1ccccc1NCC(=O)Nc1ccccc1Cl. The van der Waals surface area contributed by atoms with E-state index in [1.807, 2.05) is 55.4 Å². The van der Waals surface area contributed by atoms with Crippen molar-refractivity contribution < 1.29 is 4.79 Å². The number of rotatable bonds is 5. The van der Waals surface area contributed by atoms with Gasteiger partial charge >= 0.3 is 0 Å². The van der Waals surface area contributed by atoms with Gasteiger partial charge in [0.05, 0.1) is 28.6 Å². The lowest BCUT2D eigenvalue weighted by molar-refractivity contribution is -0.114. The molecule has 0 radical (unpaired) electrons. The van der Waals surface area contributed by atoms with Crippen LogP contribution in [0.25, 0.3) is 0 Å². The van der Waals surface area contributed by atoms with Gasteiger partial charge in [-0.05, 0) is 24.3 Å². The maximum absolute atomic E-state index is 12.0. The Bertz CT molecular complexity index is 628. The highest BCUT2D eigenvalue weighted by Gasteiger charge is 2.07. The van der Waals surface area contributed by atoms with Crippen LogP contribution in [0.5, 0.6) is 0 Å². The smallest absolute Gasteiger partial charge is 0.243 e. The lowest BCUT2D eigenvalue weighted by Crippen LogP contribution is -2.23. The number of anilines is 3. The van der Waals surface area contributed by atoms with Gasteiger partial charge in [-0.1, -0.05) is 35.9 Å². The number of nitrogens with zero attached hydrogens (tertiary/aromatic N) is 1. The lowest BCUT2D eigenvalue weighted by Gasteiger charge is -2.18. The van der Waals surface area contributed by atoms with Gasteiger partial charge in [0.25, 0.3) is 0 Å². The van der Waals surface area contributed by atoms with Crippen molar-refractivity contribution in [2.75, 3.05) is 36.2 Å². The van der Waals surface area contributed by atoms with Crippen molar-refractivity contribution in [3.05, 3.63) is 53.6 Å². The number of hydrogen-bond acceptors (Lipinski definition) is 3. The summed E-state index contributed by atoms with van der Waals surface area (Å²) in [5, 5.41) is 6.45. The maximum atomic E-state index is 12.0. The van der Waals surface area contributed by atoms with Crippen LogP contribution in [-0.4, -0.2) is 26.5 Å². The molecule has 0 aliphatic rings. The van der Waals surface area contributed by atoms with Gasteiger partial charge in [0.1, 0.15) is 0 Å². The number of nitrogens with one attached hydrogen (secondary N) is 2. The van der Waals surface area contributed by atoms with E-state index in [4.69, 9.17) is 11.6 Å². The summed E-state index contributed by atoms with van der Waals surface area (Å²) < 4.78 is 0. The number of carbonyl (C=O) groups excluding carboxylic acids is 1. The standard InChI is InChI=1S/C16H18ClN3O/c1-20(2)15-10-6-5-9-14(15)18-11-16(21)19-13-8-4-3-7-12(13)17/h3-10,18H,11H2,1-2H3,(H,19,21). The highest BCUT2D eigenvalue weighted by atomic mass is 35.5. The summed E-state index contributed by atoms with van der Waals surface area (Å²) in [6, 6.07) is 15.0. The second-order valence-electron chi connectivity index (χ2n) is 4.79. The van der Waals surface area contributed by atoms with Crippen LogP contribution in [0.2, 0.25) is 5.02 Å². The molecular formula is C16H18ClN3O. The largest absolute Gasteiger partial charge is 0.376 e. The second-order valence-corrected chi connectivity index (χ2v) is 5.20. The summed E-state index contributed by atoms with van der Waals surface area (Å²) in [5.41, 5.74) is 2.56. The van der Waals surface area contributed by atoms with Gasteiger partial charge in [0, 0.05) is 14.1 Å². The molecule has 0 atom stereocenters. The molecule has 5 heteroatoms. The van der Waals surface area contributed by atoms with Crippen molar-refractivity contribution in [1.82, 2.24) is 0 Å². The van der Waals surface area contributed by atoms with E-state index in [0.717, 1.165) is 11.4 Å². The van der Waals surface area contributed by atoms with Gasteiger partial charge in [-0.15, -0.1) is 0 Å². The molecule has 1 amide bonds. The van der Waals surface area contributed by atoms with Crippen LogP contribution in [0, 0.1) is 0 Å². The van der Waals surface area contributed by atoms with Crippen molar-refractivity contribution >= 4 is 34.6 Å². The summed E-state index contributed by atoms with van der Waals surface area (Å²) in [4.78, 5) is 14.0. The highest BCUT2D eigenvalue weighted by Crippen LogP contribution is 2.23. The Morgan fingerprint density at radius 1 is 1.05 bits per heavy atom. The first-order chi connectivity index (χ1) is 10.1. The monoisotopic (exact) mass is 303 g/mol. The minimum absolute atomic E-state index is 0.142. The molecule has 110 valence electrons. The Balaban J connectivity index is 1.97. The van der Waals surface area contributed by atoms with Gasteiger partial charge < -0.3 is 15.5 Å². The fourth-order valence-corrected chi connectivity index (χ4v) is 2.13. The molecule has 0 aliphatic heterocycles. The molecular weight excluding hydrogens is 286 g/mol. The zero-order valence-electron chi connectivity index (χ0n) is 12.1.